The van der Waals surface area contributed by atoms with Gasteiger partial charge in [0, 0.05) is 26.8 Å². The molecule has 0 aromatic rings. The molecule has 0 heterocycles. The van der Waals surface area contributed by atoms with Crippen LogP contribution >= 0.6 is 0 Å². The Morgan fingerprint density at radius 2 is 1.89 bits per heavy atom. The van der Waals surface area contributed by atoms with E-state index in [4.69, 9.17) is 14.6 Å². The van der Waals surface area contributed by atoms with Gasteiger partial charge in [0.25, 0.3) is 0 Å². The van der Waals surface area contributed by atoms with Crippen LogP contribution in [0.5, 0.6) is 0 Å². The Bertz CT molecular complexity index is 281. The molecular formula is C12H24N2O5. The van der Waals surface area contributed by atoms with Crippen molar-refractivity contribution in [3.05, 3.63) is 0 Å². The van der Waals surface area contributed by atoms with Crippen LogP contribution < -0.4 is 10.6 Å². The van der Waals surface area contributed by atoms with Gasteiger partial charge in [-0.3, -0.25) is 0 Å². The smallest absolute Gasteiger partial charge is 0.329 e. The van der Waals surface area contributed by atoms with Crippen molar-refractivity contribution < 1.29 is 24.2 Å². The Balaban J connectivity index is 3.61. The number of urea groups is 1. The molecule has 0 rings (SSSR count). The Morgan fingerprint density at radius 1 is 1.21 bits per heavy atom. The van der Waals surface area contributed by atoms with Gasteiger partial charge in [-0.15, -0.1) is 0 Å². The Labute approximate surface area is 113 Å². The average Bonchev–Trinajstić information content (AvgIpc) is 2.33. The lowest BCUT2D eigenvalue weighted by atomic mass is 9.90. The summed E-state index contributed by atoms with van der Waals surface area (Å²) in [5.74, 6) is -1.02. The third-order valence-electron chi connectivity index (χ3n) is 2.47. The molecule has 0 spiro atoms. The molecule has 0 saturated carbocycles. The minimum absolute atomic E-state index is 0.0346. The molecule has 0 atom stereocenters. The molecule has 0 bridgehead atoms. The van der Waals surface area contributed by atoms with Gasteiger partial charge in [0.2, 0.25) is 0 Å². The number of carbonyl (C=O) groups excluding carboxylic acids is 1. The molecule has 0 aromatic carbocycles. The van der Waals surface area contributed by atoms with Crippen LogP contribution in [0.1, 0.15) is 20.3 Å². The molecule has 3 N–H and O–H groups in total. The van der Waals surface area contributed by atoms with Crippen LogP contribution in [-0.2, 0) is 14.3 Å². The molecule has 0 saturated heterocycles. The van der Waals surface area contributed by atoms with E-state index in [9.17, 15) is 9.59 Å². The lowest BCUT2D eigenvalue weighted by Crippen LogP contribution is -2.42. The minimum atomic E-state index is -1.02. The van der Waals surface area contributed by atoms with Gasteiger partial charge in [-0.2, -0.15) is 0 Å². The monoisotopic (exact) mass is 276 g/mol. The molecule has 19 heavy (non-hydrogen) atoms. The zero-order valence-electron chi connectivity index (χ0n) is 11.8. The van der Waals surface area contributed by atoms with Gasteiger partial charge >= 0.3 is 12.0 Å². The molecule has 0 aliphatic rings. The maximum Gasteiger partial charge on any atom is 0.329 e. The fourth-order valence-electron chi connectivity index (χ4n) is 1.25. The Kier molecular flexibility index (Phi) is 8.90. The van der Waals surface area contributed by atoms with Crippen LogP contribution in [0.3, 0.4) is 0 Å². The van der Waals surface area contributed by atoms with Crippen molar-refractivity contribution in [1.82, 2.24) is 10.6 Å². The number of carbonyl (C=O) groups is 2. The Hall–Kier alpha value is -1.34. The molecule has 7 nitrogen and oxygen atoms in total. The van der Waals surface area contributed by atoms with Crippen molar-refractivity contribution in [2.75, 3.05) is 40.0 Å². The second-order valence-corrected chi connectivity index (χ2v) is 4.96. The van der Waals surface area contributed by atoms with Crippen molar-refractivity contribution in [2.45, 2.75) is 20.3 Å². The standard InChI is InChI=1S/C12H24N2O5/c1-12(2,4-6-18-3)9-14-11(17)13-5-7-19-8-10(15)16/h4-9H2,1-3H3,(H,15,16)(H2,13,14,17). The highest BCUT2D eigenvalue weighted by Crippen LogP contribution is 2.18. The van der Waals surface area contributed by atoms with Crippen LogP contribution in [-0.4, -0.2) is 57.1 Å². The lowest BCUT2D eigenvalue weighted by molar-refractivity contribution is -0.142. The number of methoxy groups -OCH3 is 1. The molecule has 0 aliphatic carbocycles. The molecule has 2 amide bonds. The first-order chi connectivity index (χ1) is 8.87. The van der Waals surface area contributed by atoms with Gasteiger partial charge in [-0.1, -0.05) is 13.8 Å². The number of rotatable bonds is 10. The number of hydrogen-bond acceptors (Lipinski definition) is 4. The summed E-state index contributed by atoms with van der Waals surface area (Å²) in [6.07, 6.45) is 0.853. The van der Waals surface area contributed by atoms with Crippen LogP contribution in [0.15, 0.2) is 0 Å². The van der Waals surface area contributed by atoms with E-state index in [1.54, 1.807) is 7.11 Å². The summed E-state index contributed by atoms with van der Waals surface area (Å²) in [7, 11) is 1.65. The van der Waals surface area contributed by atoms with E-state index in [-0.39, 0.29) is 31.2 Å². The maximum atomic E-state index is 11.4. The largest absolute Gasteiger partial charge is 0.480 e. The number of amides is 2. The molecular weight excluding hydrogens is 252 g/mol. The van der Waals surface area contributed by atoms with Gasteiger partial charge in [0.1, 0.15) is 6.61 Å². The van der Waals surface area contributed by atoms with Crippen LogP contribution in [0.4, 0.5) is 4.79 Å². The third kappa shape index (κ3) is 11.5. The molecule has 0 unspecified atom stereocenters. The lowest BCUT2D eigenvalue weighted by Gasteiger charge is -2.24. The van der Waals surface area contributed by atoms with Crippen LogP contribution in [0.25, 0.3) is 0 Å². The maximum absolute atomic E-state index is 11.4. The summed E-state index contributed by atoms with van der Waals surface area (Å²) >= 11 is 0. The highest BCUT2D eigenvalue weighted by Gasteiger charge is 2.18. The van der Waals surface area contributed by atoms with Crippen LogP contribution in [0.2, 0.25) is 0 Å². The molecule has 7 heteroatoms. The summed E-state index contributed by atoms with van der Waals surface area (Å²) in [6.45, 7) is 5.37. The van der Waals surface area contributed by atoms with E-state index in [2.05, 4.69) is 10.6 Å². The number of ether oxygens (including phenoxy) is 2. The summed E-state index contributed by atoms with van der Waals surface area (Å²) in [5.41, 5.74) is -0.0346. The first-order valence-corrected chi connectivity index (χ1v) is 6.17. The number of aliphatic carboxylic acids is 1. The van der Waals surface area contributed by atoms with Gasteiger partial charge in [-0.25, -0.2) is 9.59 Å². The molecule has 0 radical (unpaired) electrons. The van der Waals surface area contributed by atoms with Crippen molar-refractivity contribution in [3.63, 3.8) is 0 Å². The molecule has 0 aliphatic heterocycles. The Morgan fingerprint density at radius 3 is 2.47 bits per heavy atom. The number of carboxylic acids is 1. The quantitative estimate of drug-likeness (QED) is 0.503. The van der Waals surface area contributed by atoms with Crippen LogP contribution in [0, 0.1) is 5.41 Å². The summed E-state index contributed by atoms with van der Waals surface area (Å²) in [4.78, 5) is 21.6. The zero-order valence-corrected chi connectivity index (χ0v) is 11.8. The van der Waals surface area contributed by atoms with Crippen molar-refractivity contribution in [3.8, 4) is 0 Å². The van der Waals surface area contributed by atoms with Gasteiger partial charge < -0.3 is 25.2 Å². The second-order valence-electron chi connectivity index (χ2n) is 4.96. The minimum Gasteiger partial charge on any atom is -0.480 e. The molecule has 0 fully saturated rings. The van der Waals surface area contributed by atoms with Gasteiger partial charge in [-0.05, 0) is 11.8 Å². The summed E-state index contributed by atoms with van der Waals surface area (Å²) in [6, 6.07) is -0.288. The first kappa shape index (κ1) is 17.7. The van der Waals surface area contributed by atoms with E-state index in [1.165, 1.54) is 0 Å². The van der Waals surface area contributed by atoms with E-state index in [0.29, 0.717) is 13.2 Å². The third-order valence-corrected chi connectivity index (χ3v) is 2.47. The fourth-order valence-corrected chi connectivity index (χ4v) is 1.25. The zero-order chi connectivity index (χ0) is 14.7. The highest BCUT2D eigenvalue weighted by atomic mass is 16.5. The predicted molar refractivity (Wildman–Crippen MR) is 70.1 cm³/mol. The fraction of sp³-hybridized carbons (Fsp3) is 0.833. The normalized spacial score (nSPS) is 11.1. The summed E-state index contributed by atoms with van der Waals surface area (Å²) < 4.78 is 9.79. The van der Waals surface area contributed by atoms with E-state index in [1.807, 2.05) is 13.8 Å². The number of hydrogen-bond donors (Lipinski definition) is 3. The van der Waals surface area contributed by atoms with E-state index < -0.39 is 5.97 Å². The summed E-state index contributed by atoms with van der Waals surface area (Å²) in [5, 5.41) is 13.7. The van der Waals surface area contributed by atoms with E-state index in [0.717, 1.165) is 6.42 Å². The number of nitrogens with one attached hydrogen (secondary N) is 2. The number of carboxylic acid groups (broad SMARTS) is 1. The second kappa shape index (κ2) is 9.57. The van der Waals surface area contributed by atoms with Crippen molar-refractivity contribution in [1.29, 1.82) is 0 Å². The van der Waals surface area contributed by atoms with Crippen molar-refractivity contribution >= 4 is 12.0 Å². The van der Waals surface area contributed by atoms with Gasteiger partial charge in [0.15, 0.2) is 0 Å². The first-order valence-electron chi connectivity index (χ1n) is 6.17. The van der Waals surface area contributed by atoms with Gasteiger partial charge in [0.05, 0.1) is 6.61 Å². The molecule has 0 aromatic heterocycles. The van der Waals surface area contributed by atoms with E-state index >= 15 is 0 Å². The SMILES string of the molecule is COCCC(C)(C)CNC(=O)NCCOCC(=O)O. The molecule has 112 valence electrons. The highest BCUT2D eigenvalue weighted by molar-refractivity contribution is 5.73. The van der Waals surface area contributed by atoms with Crippen molar-refractivity contribution in [2.24, 2.45) is 5.41 Å². The topological polar surface area (TPSA) is 96.9 Å². The predicted octanol–water partition coefficient (Wildman–Crippen LogP) is 0.450. The average molecular weight is 276 g/mol.